The summed E-state index contributed by atoms with van der Waals surface area (Å²) in [7, 11) is 0. The van der Waals surface area contributed by atoms with Crippen LogP contribution in [0.2, 0.25) is 0 Å². The van der Waals surface area contributed by atoms with Gasteiger partial charge in [-0.15, -0.1) is 22.7 Å². The minimum Gasteiger partial charge on any atom is -0.256 e. The molecule has 12 rings (SSSR count). The SMILES string of the molecule is c1ccc(-c2cc(-c3ccc(-c4ccc(-c5ccccn5)cc4)cc3)nc(-c3cc(-c4ccc5sc6ccccc6c5c4)cc(-c4ccc5sc6ccccc6c5c4)c3)n2)cc1. The van der Waals surface area contributed by atoms with Crippen LogP contribution in [0, 0.1) is 0 Å². The van der Waals surface area contributed by atoms with Crippen molar-refractivity contribution >= 4 is 63.0 Å². The zero-order valence-electron chi connectivity index (χ0n) is 33.4. The molecule has 0 aliphatic carbocycles. The summed E-state index contributed by atoms with van der Waals surface area (Å²) in [6.07, 6.45) is 1.83. The molecule has 4 heterocycles. The molecule has 0 bridgehead atoms. The minimum absolute atomic E-state index is 0.683. The fourth-order valence-corrected chi connectivity index (χ4v) is 10.8. The van der Waals surface area contributed by atoms with Crippen LogP contribution in [-0.4, -0.2) is 15.0 Å². The fourth-order valence-electron chi connectivity index (χ4n) is 8.58. The number of hydrogen-bond donors (Lipinski definition) is 0. The molecule has 0 amide bonds. The van der Waals surface area contributed by atoms with Crippen LogP contribution < -0.4 is 0 Å². The van der Waals surface area contributed by atoms with Crippen molar-refractivity contribution in [2.24, 2.45) is 0 Å². The molecule has 0 atom stereocenters. The molecule has 4 aromatic heterocycles. The molecule has 0 saturated heterocycles. The molecule has 0 saturated carbocycles. The second-order valence-corrected chi connectivity index (χ2v) is 17.8. The molecule has 0 fully saturated rings. The number of fused-ring (bicyclic) bond motifs is 6. The van der Waals surface area contributed by atoms with Crippen LogP contribution in [0.4, 0.5) is 0 Å². The second kappa shape index (κ2) is 15.2. The van der Waals surface area contributed by atoms with Crippen LogP contribution in [-0.2, 0) is 0 Å². The number of nitrogens with zero attached hydrogens (tertiary/aromatic N) is 3. The quantitative estimate of drug-likeness (QED) is 0.161. The second-order valence-electron chi connectivity index (χ2n) is 15.6. The van der Waals surface area contributed by atoms with Gasteiger partial charge < -0.3 is 0 Å². The van der Waals surface area contributed by atoms with Gasteiger partial charge in [-0.05, 0) is 106 Å². The van der Waals surface area contributed by atoms with Gasteiger partial charge in [0.15, 0.2) is 5.82 Å². The highest BCUT2D eigenvalue weighted by Gasteiger charge is 2.16. The lowest BCUT2D eigenvalue weighted by Gasteiger charge is -2.14. The molecular weight excluding hydrogens is 791 g/mol. The van der Waals surface area contributed by atoms with Gasteiger partial charge in [0.25, 0.3) is 0 Å². The van der Waals surface area contributed by atoms with E-state index in [1.54, 1.807) is 0 Å². The zero-order valence-corrected chi connectivity index (χ0v) is 35.0. The van der Waals surface area contributed by atoms with Crippen LogP contribution >= 0.6 is 22.7 Å². The maximum atomic E-state index is 5.37. The molecule has 0 spiro atoms. The first-order valence-corrected chi connectivity index (χ1v) is 22.4. The van der Waals surface area contributed by atoms with E-state index in [4.69, 9.17) is 9.97 Å². The third-order valence-electron chi connectivity index (χ3n) is 11.8. The first-order chi connectivity index (χ1) is 30.7. The minimum atomic E-state index is 0.683. The number of thiophene rings is 2. The van der Waals surface area contributed by atoms with Crippen molar-refractivity contribution in [3.63, 3.8) is 0 Å². The Hall–Kier alpha value is -7.57. The summed E-state index contributed by atoms with van der Waals surface area (Å²) in [5, 5.41) is 5.13. The van der Waals surface area contributed by atoms with Crippen LogP contribution in [0.5, 0.6) is 0 Å². The van der Waals surface area contributed by atoms with E-state index in [0.29, 0.717) is 5.82 Å². The molecule has 0 aliphatic rings. The van der Waals surface area contributed by atoms with E-state index in [2.05, 4.69) is 187 Å². The Balaban J connectivity index is 1.00. The topological polar surface area (TPSA) is 38.7 Å². The van der Waals surface area contributed by atoms with Crippen LogP contribution in [0.3, 0.4) is 0 Å². The lowest BCUT2D eigenvalue weighted by Crippen LogP contribution is -1.97. The van der Waals surface area contributed by atoms with Crippen molar-refractivity contribution in [2.75, 3.05) is 0 Å². The average Bonchev–Trinajstić information content (AvgIpc) is 3.92. The number of aromatic nitrogens is 3. The smallest absolute Gasteiger partial charge is 0.160 e. The van der Waals surface area contributed by atoms with Gasteiger partial charge in [-0.25, -0.2) is 9.97 Å². The van der Waals surface area contributed by atoms with Crippen molar-refractivity contribution in [3.8, 4) is 78.5 Å². The fraction of sp³-hybridized carbons (Fsp3) is 0. The lowest BCUT2D eigenvalue weighted by molar-refractivity contribution is 1.18. The summed E-state index contributed by atoms with van der Waals surface area (Å²) in [5.41, 5.74) is 13.7. The highest BCUT2D eigenvalue weighted by Crippen LogP contribution is 2.41. The number of hydrogen-bond acceptors (Lipinski definition) is 5. The molecule has 0 radical (unpaired) electrons. The first-order valence-electron chi connectivity index (χ1n) is 20.7. The van der Waals surface area contributed by atoms with Crippen molar-refractivity contribution in [2.45, 2.75) is 0 Å². The molecule has 8 aromatic carbocycles. The van der Waals surface area contributed by atoms with E-state index < -0.39 is 0 Å². The summed E-state index contributed by atoms with van der Waals surface area (Å²) in [4.78, 5) is 15.2. The van der Waals surface area contributed by atoms with E-state index in [1.165, 1.54) is 40.3 Å². The van der Waals surface area contributed by atoms with Gasteiger partial charge in [-0.3, -0.25) is 4.98 Å². The molecule has 0 aliphatic heterocycles. The van der Waals surface area contributed by atoms with Gasteiger partial charge in [-0.2, -0.15) is 0 Å². The standard InChI is InChI=1S/C57H35N3S2/c1-2-10-38(11-3-1)51-35-52(40-23-19-37(20-24-40)36-17-21-39(22-18-36)50-14-8-9-29-58-50)60-57(59-51)45-31-43(41-25-27-55-48(33-41)46-12-4-6-15-53(46)61-55)30-44(32-45)42-26-28-56-49(34-42)47-13-5-7-16-54(47)62-56/h1-35H. The maximum Gasteiger partial charge on any atom is 0.160 e. The Kier molecular flexibility index (Phi) is 8.87. The zero-order chi connectivity index (χ0) is 41.0. The Bertz CT molecular complexity index is 3480. The normalized spacial score (nSPS) is 11.5. The van der Waals surface area contributed by atoms with Crippen LogP contribution in [0.15, 0.2) is 212 Å². The van der Waals surface area contributed by atoms with Crippen LogP contribution in [0.25, 0.3) is 119 Å². The molecule has 0 unspecified atom stereocenters. The number of rotatable bonds is 7. The van der Waals surface area contributed by atoms with Gasteiger partial charge in [-0.1, -0.05) is 133 Å². The Morgan fingerprint density at radius 2 is 0.694 bits per heavy atom. The van der Waals surface area contributed by atoms with Crippen molar-refractivity contribution in [3.05, 3.63) is 212 Å². The molecule has 0 N–H and O–H groups in total. The third-order valence-corrected chi connectivity index (χ3v) is 14.1. The first kappa shape index (κ1) is 36.3. The largest absolute Gasteiger partial charge is 0.256 e. The molecule has 5 heteroatoms. The van der Waals surface area contributed by atoms with E-state index in [9.17, 15) is 0 Å². The Morgan fingerprint density at radius 3 is 1.24 bits per heavy atom. The monoisotopic (exact) mass is 825 g/mol. The molecular formula is C57H35N3S2. The van der Waals surface area contributed by atoms with Gasteiger partial charge in [0.05, 0.1) is 17.1 Å². The number of pyridine rings is 1. The van der Waals surface area contributed by atoms with Crippen molar-refractivity contribution in [1.82, 2.24) is 15.0 Å². The molecule has 290 valence electrons. The summed E-state index contributed by atoms with van der Waals surface area (Å²) in [6, 6.07) is 73.9. The van der Waals surface area contributed by atoms with Gasteiger partial charge in [0, 0.05) is 68.8 Å². The Morgan fingerprint density at radius 1 is 0.258 bits per heavy atom. The predicted molar refractivity (Wildman–Crippen MR) is 264 cm³/mol. The average molecular weight is 826 g/mol. The summed E-state index contributed by atoms with van der Waals surface area (Å²) >= 11 is 3.69. The van der Waals surface area contributed by atoms with Crippen molar-refractivity contribution < 1.29 is 0 Å². The number of benzene rings is 8. The van der Waals surface area contributed by atoms with Crippen molar-refractivity contribution in [1.29, 1.82) is 0 Å². The van der Waals surface area contributed by atoms with E-state index in [0.717, 1.165) is 72.7 Å². The molecule has 12 aromatic rings. The predicted octanol–water partition coefficient (Wildman–Crippen LogP) is 16.3. The summed E-state index contributed by atoms with van der Waals surface area (Å²) < 4.78 is 5.18. The maximum absolute atomic E-state index is 5.37. The van der Waals surface area contributed by atoms with Crippen LogP contribution in [0.1, 0.15) is 0 Å². The Labute approximate surface area is 366 Å². The summed E-state index contributed by atoms with van der Waals surface area (Å²) in [5.74, 6) is 0.683. The summed E-state index contributed by atoms with van der Waals surface area (Å²) in [6.45, 7) is 0. The van der Waals surface area contributed by atoms with E-state index in [-0.39, 0.29) is 0 Å². The van der Waals surface area contributed by atoms with Gasteiger partial charge in [0.2, 0.25) is 0 Å². The highest BCUT2D eigenvalue weighted by molar-refractivity contribution is 7.26. The third kappa shape index (κ3) is 6.65. The van der Waals surface area contributed by atoms with Gasteiger partial charge >= 0.3 is 0 Å². The molecule has 62 heavy (non-hydrogen) atoms. The van der Waals surface area contributed by atoms with E-state index in [1.807, 2.05) is 53.1 Å². The highest BCUT2D eigenvalue weighted by atomic mass is 32.1. The van der Waals surface area contributed by atoms with E-state index >= 15 is 0 Å². The lowest BCUT2D eigenvalue weighted by atomic mass is 9.94. The molecule has 3 nitrogen and oxygen atoms in total. The van der Waals surface area contributed by atoms with Gasteiger partial charge in [0.1, 0.15) is 0 Å².